The van der Waals surface area contributed by atoms with Gasteiger partial charge in [-0.1, -0.05) is 0 Å². The maximum atomic E-state index is 13.9. The Morgan fingerprint density at radius 3 is 2.33 bits per heavy atom. The zero-order chi connectivity index (χ0) is 29.5. The summed E-state index contributed by atoms with van der Waals surface area (Å²) in [4.78, 5) is 70.2. The Morgan fingerprint density at radius 2 is 1.80 bits per heavy atom. The van der Waals surface area contributed by atoms with Crippen LogP contribution < -0.4 is 10.5 Å². The van der Waals surface area contributed by atoms with Crippen LogP contribution in [0.4, 0.5) is 0 Å². The third-order valence-corrected chi connectivity index (χ3v) is 10.1. The fraction of sp³-hybridized carbons (Fsp3) is 0.621. The van der Waals surface area contributed by atoms with Crippen LogP contribution in [0.3, 0.4) is 0 Å². The first-order valence-electron chi connectivity index (χ1n) is 13.7. The van der Waals surface area contributed by atoms with Crippen LogP contribution in [0.25, 0.3) is 0 Å². The first-order chi connectivity index (χ1) is 18.7. The fourth-order valence-electron chi connectivity index (χ4n) is 7.60. The summed E-state index contributed by atoms with van der Waals surface area (Å²) >= 11 is 0. The summed E-state index contributed by atoms with van der Waals surface area (Å²) in [5.41, 5.74) is 3.76. The van der Waals surface area contributed by atoms with Gasteiger partial charge in [-0.2, -0.15) is 0 Å². The molecule has 6 atom stereocenters. The first kappa shape index (κ1) is 28.4. The lowest BCUT2D eigenvalue weighted by molar-refractivity contribution is -0.181. The number of phenols is 1. The van der Waals surface area contributed by atoms with Crippen molar-refractivity contribution in [3.63, 3.8) is 0 Å². The summed E-state index contributed by atoms with van der Waals surface area (Å²) in [5.74, 6) is -10.2. The van der Waals surface area contributed by atoms with E-state index in [4.69, 9.17) is 10.5 Å². The quantitative estimate of drug-likeness (QED) is 0.414. The number of likely N-dealkylation sites (N-methyl/N-ethyl adjacent to an activating group) is 1. The smallest absolute Gasteiger partial charge is 0.235 e. The van der Waals surface area contributed by atoms with Crippen LogP contribution in [-0.4, -0.2) is 94.5 Å². The van der Waals surface area contributed by atoms with E-state index in [1.165, 1.54) is 18.1 Å². The molecule has 4 aliphatic carbocycles. The lowest BCUT2D eigenvalue weighted by Crippen LogP contribution is -2.74. The molecule has 3 fully saturated rings. The highest BCUT2D eigenvalue weighted by Gasteiger charge is 2.69. The molecule has 0 heterocycles. The van der Waals surface area contributed by atoms with Gasteiger partial charge < -0.3 is 20.7 Å². The van der Waals surface area contributed by atoms with Crippen molar-refractivity contribution in [2.45, 2.75) is 62.8 Å². The maximum absolute atomic E-state index is 13.9. The first-order valence-corrected chi connectivity index (χ1v) is 13.7. The van der Waals surface area contributed by atoms with Gasteiger partial charge in [-0.05, 0) is 72.2 Å². The molecule has 1 aromatic rings. The molecular weight excluding hydrogens is 518 g/mol. The summed E-state index contributed by atoms with van der Waals surface area (Å²) < 4.78 is 5.79. The zero-order valence-corrected chi connectivity index (χ0v) is 23.5. The van der Waals surface area contributed by atoms with Crippen molar-refractivity contribution in [2.24, 2.45) is 29.4 Å². The van der Waals surface area contributed by atoms with E-state index in [0.717, 1.165) is 19.3 Å². The second-order valence-electron chi connectivity index (χ2n) is 12.4. The van der Waals surface area contributed by atoms with Crippen molar-refractivity contribution in [1.82, 2.24) is 9.80 Å². The van der Waals surface area contributed by atoms with Gasteiger partial charge in [0.15, 0.2) is 34.7 Å². The number of phenolic OH excluding ortho intramolecular Hbond substituents is 1. The van der Waals surface area contributed by atoms with E-state index >= 15 is 0 Å². The number of ketones is 4. The second kappa shape index (κ2) is 9.46. The molecule has 4 aliphatic rings. The van der Waals surface area contributed by atoms with E-state index in [1.54, 1.807) is 14.1 Å². The lowest BCUT2D eigenvalue weighted by Gasteiger charge is -2.52. The number of carbonyl (C=O) groups excluding carboxylic acids is 5. The maximum Gasteiger partial charge on any atom is 0.235 e. The number of aliphatic hydroxyl groups is 1. The third kappa shape index (κ3) is 3.77. The number of carbonyl (C=O) groups is 5. The number of benzene rings is 1. The number of nitrogens with zero attached hydrogens (tertiary/aromatic N) is 2. The molecule has 40 heavy (non-hydrogen) atoms. The largest absolute Gasteiger partial charge is 0.507 e. The molecule has 0 spiro atoms. The van der Waals surface area contributed by atoms with Crippen molar-refractivity contribution in [1.29, 1.82) is 0 Å². The number of hydrogen-bond donors (Lipinski definition) is 3. The van der Waals surface area contributed by atoms with E-state index < -0.39 is 64.4 Å². The van der Waals surface area contributed by atoms with Crippen molar-refractivity contribution in [2.75, 3.05) is 28.3 Å². The van der Waals surface area contributed by atoms with Crippen LogP contribution in [0.5, 0.6) is 11.5 Å². The summed E-state index contributed by atoms with van der Waals surface area (Å²) in [6.45, 7) is 2.66. The number of hydrogen-bond acceptors (Lipinski definition) is 10. The van der Waals surface area contributed by atoms with Gasteiger partial charge in [-0.15, -0.1) is 0 Å². The molecule has 0 bridgehead atoms. The lowest BCUT2D eigenvalue weighted by atomic mass is 9.52. The molecule has 216 valence electrons. The molecule has 4 N–H and O–H groups in total. The molecule has 11 heteroatoms. The van der Waals surface area contributed by atoms with E-state index in [-0.39, 0.29) is 29.7 Å². The number of rotatable bonds is 6. The van der Waals surface area contributed by atoms with Gasteiger partial charge in [0.05, 0.1) is 24.6 Å². The SMILES string of the molecule is COc1c(CN(C)C2(C)CCC2)cc(O)c2c1C[C@H]1C[C@H]3[C@H](N(C)C)C(=O)C(C(N)=O)C(=O)[C@@]3(O)C(=O)C1C2=O. The molecule has 0 radical (unpaired) electrons. The van der Waals surface area contributed by atoms with Gasteiger partial charge >= 0.3 is 0 Å². The van der Waals surface area contributed by atoms with Crippen LogP contribution in [0, 0.1) is 23.7 Å². The summed E-state index contributed by atoms with van der Waals surface area (Å²) in [7, 11) is 6.62. The second-order valence-corrected chi connectivity index (χ2v) is 12.4. The van der Waals surface area contributed by atoms with Crippen LogP contribution in [0.15, 0.2) is 6.07 Å². The van der Waals surface area contributed by atoms with Gasteiger partial charge in [-0.25, -0.2) is 0 Å². The third-order valence-electron chi connectivity index (χ3n) is 10.1. The van der Waals surface area contributed by atoms with E-state index in [1.807, 2.05) is 7.05 Å². The van der Waals surface area contributed by atoms with Gasteiger partial charge in [0.25, 0.3) is 0 Å². The molecule has 0 aliphatic heterocycles. The van der Waals surface area contributed by atoms with Gasteiger partial charge in [0, 0.05) is 29.1 Å². The van der Waals surface area contributed by atoms with Crippen molar-refractivity contribution < 1.29 is 38.9 Å². The number of primary amides is 1. The van der Waals surface area contributed by atoms with E-state index in [0.29, 0.717) is 23.4 Å². The van der Waals surface area contributed by atoms with E-state index in [2.05, 4.69) is 11.8 Å². The zero-order valence-electron chi connectivity index (χ0n) is 23.5. The molecule has 3 saturated carbocycles. The van der Waals surface area contributed by atoms with E-state index in [9.17, 15) is 34.2 Å². The molecule has 2 unspecified atom stereocenters. The number of ether oxygens (including phenoxy) is 1. The summed E-state index contributed by atoms with van der Waals surface area (Å²) in [6, 6.07) is 0.342. The molecule has 0 aromatic heterocycles. The number of Topliss-reactive ketones (excluding diaryl/α,β-unsaturated/α-hetero) is 4. The Labute approximate surface area is 232 Å². The Bertz CT molecular complexity index is 1330. The summed E-state index contributed by atoms with van der Waals surface area (Å²) in [5, 5.41) is 22.7. The average Bonchev–Trinajstić information content (AvgIpc) is 2.84. The molecule has 0 saturated heterocycles. The van der Waals surface area contributed by atoms with Crippen LogP contribution in [-0.2, 0) is 32.1 Å². The van der Waals surface area contributed by atoms with Gasteiger partial charge in [0.1, 0.15) is 11.5 Å². The summed E-state index contributed by atoms with van der Waals surface area (Å²) in [6.07, 6.45) is 3.41. The standard InChI is InChI=1S/C29H37N3O8/c1-28(7-6-8-28)32(4)12-14-11-17(33)19-15(24(14)40-5)9-13-10-16-21(31(2)3)23(35)20(27(30)38)26(37)29(16,39)25(36)18(13)22(19)34/h11,13,16,18,20-21,33,39H,6-10,12H2,1-5H3,(H2,30,38)/t13-,16-,18?,20?,21-,29-/m0/s1. The fourth-order valence-corrected chi connectivity index (χ4v) is 7.60. The molecule has 1 amide bonds. The average molecular weight is 556 g/mol. The molecule has 1 aromatic carbocycles. The predicted octanol–water partition coefficient (Wildman–Crippen LogP) is 0.250. The number of methoxy groups -OCH3 is 1. The highest BCUT2D eigenvalue weighted by atomic mass is 16.5. The van der Waals surface area contributed by atoms with Crippen LogP contribution in [0.2, 0.25) is 0 Å². The monoisotopic (exact) mass is 555 g/mol. The van der Waals surface area contributed by atoms with Gasteiger partial charge in [-0.3, -0.25) is 33.8 Å². The van der Waals surface area contributed by atoms with Gasteiger partial charge in [0.2, 0.25) is 5.91 Å². The number of aromatic hydroxyl groups is 1. The Kier molecular flexibility index (Phi) is 6.71. The minimum Gasteiger partial charge on any atom is -0.507 e. The number of nitrogens with two attached hydrogens (primary N) is 1. The van der Waals surface area contributed by atoms with Crippen LogP contribution >= 0.6 is 0 Å². The number of amides is 1. The number of fused-ring (bicyclic) bond motifs is 3. The van der Waals surface area contributed by atoms with Crippen molar-refractivity contribution in [3.05, 3.63) is 22.8 Å². The Balaban J connectivity index is 1.59. The highest BCUT2D eigenvalue weighted by Crippen LogP contribution is 2.52. The minimum absolute atomic E-state index is 0.00396. The molecular formula is C29H37N3O8. The Hall–Kier alpha value is -3.15. The highest BCUT2D eigenvalue weighted by molar-refractivity contribution is 6.32. The topological polar surface area (TPSA) is 168 Å². The predicted molar refractivity (Wildman–Crippen MR) is 142 cm³/mol. The van der Waals surface area contributed by atoms with Crippen molar-refractivity contribution in [3.8, 4) is 11.5 Å². The van der Waals surface area contributed by atoms with Crippen LogP contribution in [0.1, 0.15) is 54.1 Å². The Morgan fingerprint density at radius 1 is 1.15 bits per heavy atom. The normalized spacial score (nSPS) is 32.9. The molecule has 11 nitrogen and oxygen atoms in total. The minimum atomic E-state index is -2.74. The van der Waals surface area contributed by atoms with Crippen molar-refractivity contribution >= 4 is 29.0 Å². The molecule has 5 rings (SSSR count).